The molecule has 4 rings (SSSR count). The highest BCUT2D eigenvalue weighted by molar-refractivity contribution is 6.21. The van der Waals surface area contributed by atoms with Crippen molar-refractivity contribution in [3.8, 4) is 0 Å². The van der Waals surface area contributed by atoms with E-state index in [-0.39, 0.29) is 23.2 Å². The molecule has 23 heavy (non-hydrogen) atoms. The number of carbonyl (C=O) groups is 2. The maximum Gasteiger partial charge on any atom is 0.320 e. The lowest BCUT2D eigenvalue weighted by molar-refractivity contribution is -0.124. The summed E-state index contributed by atoms with van der Waals surface area (Å²) in [5, 5.41) is 2.41. The molecule has 0 radical (unpaired) electrons. The number of nitrogens with zero attached hydrogens (tertiary/aromatic N) is 1. The first-order valence-corrected chi connectivity index (χ1v) is 8.07. The summed E-state index contributed by atoms with van der Waals surface area (Å²) in [6.45, 7) is 0. The van der Waals surface area contributed by atoms with Crippen molar-refractivity contribution in [1.29, 1.82) is 0 Å². The van der Waals surface area contributed by atoms with Gasteiger partial charge < -0.3 is 0 Å². The first kappa shape index (κ1) is 14.2. The minimum atomic E-state index is -0.928. The monoisotopic (exact) mass is 307 g/mol. The second kappa shape index (κ2) is 5.37. The standard InChI is InChI=1S/C19H17NO3/c21-18-16(19(22)20-23)6-5-13-9-14-7-11-3-1-2-4-12(11)8-15(14)10-17(13)18/h1-4,6,10,13-14,17H,5,7-9H2. The van der Waals surface area contributed by atoms with Gasteiger partial charge in [-0.3, -0.25) is 9.59 Å². The van der Waals surface area contributed by atoms with Crippen molar-refractivity contribution in [2.24, 2.45) is 22.9 Å². The number of allylic oxidation sites excluding steroid dienone is 3. The highest BCUT2D eigenvalue weighted by atomic mass is 16.3. The molecule has 0 fully saturated rings. The Morgan fingerprint density at radius 2 is 1.96 bits per heavy atom. The first-order chi connectivity index (χ1) is 11.2. The third kappa shape index (κ3) is 2.29. The molecule has 0 aliphatic heterocycles. The summed E-state index contributed by atoms with van der Waals surface area (Å²) in [4.78, 5) is 34.5. The summed E-state index contributed by atoms with van der Waals surface area (Å²) in [5.74, 6) is -0.686. The minimum absolute atomic E-state index is 0.0206. The Hall–Kier alpha value is -2.36. The maximum atomic E-state index is 12.5. The largest absolute Gasteiger partial charge is 0.320 e. The fourth-order valence-corrected chi connectivity index (χ4v) is 4.32. The summed E-state index contributed by atoms with van der Waals surface area (Å²) in [6, 6.07) is 8.46. The van der Waals surface area contributed by atoms with Crippen molar-refractivity contribution in [2.75, 3.05) is 0 Å². The average molecular weight is 307 g/mol. The molecule has 1 aromatic carbocycles. The molecule has 3 aliphatic rings. The average Bonchev–Trinajstić information content (AvgIpc) is 2.58. The quantitative estimate of drug-likeness (QED) is 0.455. The van der Waals surface area contributed by atoms with E-state index in [1.807, 2.05) is 6.07 Å². The van der Waals surface area contributed by atoms with E-state index in [4.69, 9.17) is 0 Å². The van der Waals surface area contributed by atoms with E-state index in [2.05, 4.69) is 29.5 Å². The van der Waals surface area contributed by atoms with Gasteiger partial charge in [0.25, 0.3) is 0 Å². The molecule has 0 heterocycles. The lowest BCUT2D eigenvalue weighted by Crippen LogP contribution is -2.36. The van der Waals surface area contributed by atoms with Gasteiger partial charge >= 0.3 is 5.91 Å². The van der Waals surface area contributed by atoms with E-state index in [1.165, 1.54) is 16.7 Å². The normalized spacial score (nSPS) is 28.7. The Kier molecular flexibility index (Phi) is 3.33. The summed E-state index contributed by atoms with van der Waals surface area (Å²) in [6.07, 6.45) is 7.25. The van der Waals surface area contributed by atoms with Crippen LogP contribution >= 0.6 is 0 Å². The Bertz CT molecular complexity index is 775. The van der Waals surface area contributed by atoms with Crippen LogP contribution in [-0.2, 0) is 22.4 Å². The van der Waals surface area contributed by atoms with E-state index in [1.54, 1.807) is 6.08 Å². The lowest BCUT2D eigenvalue weighted by atomic mass is 9.64. The summed E-state index contributed by atoms with van der Waals surface area (Å²) >= 11 is 0. The summed E-state index contributed by atoms with van der Waals surface area (Å²) < 4.78 is 0. The first-order valence-electron chi connectivity index (χ1n) is 8.07. The minimum Gasteiger partial charge on any atom is -0.293 e. The van der Waals surface area contributed by atoms with Crippen LogP contribution in [0.2, 0.25) is 0 Å². The molecule has 0 spiro atoms. The van der Waals surface area contributed by atoms with Crippen molar-refractivity contribution in [2.45, 2.75) is 25.7 Å². The zero-order chi connectivity index (χ0) is 16.0. The third-order valence-corrected chi connectivity index (χ3v) is 5.50. The number of amides is 1. The topological polar surface area (TPSA) is 63.6 Å². The van der Waals surface area contributed by atoms with Crippen molar-refractivity contribution < 1.29 is 9.59 Å². The van der Waals surface area contributed by atoms with Gasteiger partial charge in [0.05, 0.1) is 5.57 Å². The van der Waals surface area contributed by atoms with Gasteiger partial charge in [-0.1, -0.05) is 42.0 Å². The van der Waals surface area contributed by atoms with E-state index < -0.39 is 5.91 Å². The van der Waals surface area contributed by atoms with Gasteiger partial charge in [-0.15, -0.1) is 4.91 Å². The molecular weight excluding hydrogens is 290 g/mol. The summed E-state index contributed by atoms with van der Waals surface area (Å²) in [5.41, 5.74) is 4.03. The molecule has 4 nitrogen and oxygen atoms in total. The van der Waals surface area contributed by atoms with Crippen molar-refractivity contribution in [3.63, 3.8) is 0 Å². The molecule has 0 saturated heterocycles. The van der Waals surface area contributed by atoms with Gasteiger partial charge in [0.15, 0.2) is 5.78 Å². The SMILES string of the molecule is O=NC(=O)C1=CCC2CC3Cc4ccccc4CC3=CC2C1=O. The van der Waals surface area contributed by atoms with Crippen molar-refractivity contribution >= 4 is 11.7 Å². The van der Waals surface area contributed by atoms with Gasteiger partial charge in [-0.05, 0) is 48.6 Å². The Balaban J connectivity index is 1.66. The van der Waals surface area contributed by atoms with Crippen molar-refractivity contribution in [3.05, 3.63) is 63.6 Å². The number of Topliss-reactive ketones (excluding diaryl/α,β-unsaturated/α-hetero) is 1. The predicted octanol–water partition coefficient (Wildman–Crippen LogP) is 3.16. The van der Waals surface area contributed by atoms with E-state index in [9.17, 15) is 14.5 Å². The molecular formula is C19H17NO3. The van der Waals surface area contributed by atoms with Crippen LogP contribution in [-0.4, -0.2) is 11.7 Å². The van der Waals surface area contributed by atoms with Crippen molar-refractivity contribution in [1.82, 2.24) is 0 Å². The van der Waals surface area contributed by atoms with Crippen LogP contribution in [0.15, 0.2) is 52.7 Å². The molecule has 3 aliphatic carbocycles. The molecule has 0 saturated carbocycles. The zero-order valence-corrected chi connectivity index (χ0v) is 12.7. The van der Waals surface area contributed by atoms with Crippen LogP contribution in [0.1, 0.15) is 24.0 Å². The number of ketones is 1. The molecule has 3 atom stereocenters. The van der Waals surface area contributed by atoms with Crippen LogP contribution in [0.4, 0.5) is 0 Å². The number of hydrogen-bond acceptors (Lipinski definition) is 3. The van der Waals surface area contributed by atoms with Gasteiger partial charge in [0, 0.05) is 11.1 Å². The fraction of sp³-hybridized carbons (Fsp3) is 0.368. The highest BCUT2D eigenvalue weighted by Gasteiger charge is 2.41. The molecule has 0 aromatic heterocycles. The maximum absolute atomic E-state index is 12.5. The molecule has 0 bridgehead atoms. The molecule has 3 unspecified atom stereocenters. The molecule has 1 aromatic rings. The molecule has 116 valence electrons. The predicted molar refractivity (Wildman–Crippen MR) is 85.5 cm³/mol. The van der Waals surface area contributed by atoms with Crippen LogP contribution < -0.4 is 0 Å². The lowest BCUT2D eigenvalue weighted by Gasteiger charge is -2.39. The summed E-state index contributed by atoms with van der Waals surface area (Å²) in [7, 11) is 0. The Morgan fingerprint density at radius 3 is 2.74 bits per heavy atom. The number of rotatable bonds is 1. The molecule has 1 amide bonds. The second-order valence-electron chi connectivity index (χ2n) is 6.72. The molecule has 0 N–H and O–H groups in total. The van der Waals surface area contributed by atoms with E-state index in [0.29, 0.717) is 12.3 Å². The second-order valence-corrected chi connectivity index (χ2v) is 6.72. The number of nitroso groups, excluding NO2 is 1. The van der Waals surface area contributed by atoms with Crippen LogP contribution in [0.3, 0.4) is 0 Å². The van der Waals surface area contributed by atoms with Crippen LogP contribution in [0.5, 0.6) is 0 Å². The van der Waals surface area contributed by atoms with E-state index in [0.717, 1.165) is 19.3 Å². The third-order valence-electron chi connectivity index (χ3n) is 5.50. The zero-order valence-electron chi connectivity index (χ0n) is 12.7. The number of hydrogen-bond donors (Lipinski definition) is 0. The Labute approximate surface area is 134 Å². The number of carbonyl (C=O) groups excluding carboxylic acids is 2. The molecule has 4 heteroatoms. The fourth-order valence-electron chi connectivity index (χ4n) is 4.32. The number of benzene rings is 1. The van der Waals surface area contributed by atoms with E-state index >= 15 is 0 Å². The highest BCUT2D eigenvalue weighted by Crippen LogP contribution is 2.44. The van der Waals surface area contributed by atoms with Gasteiger partial charge in [0.2, 0.25) is 0 Å². The van der Waals surface area contributed by atoms with Gasteiger partial charge in [-0.2, -0.15) is 0 Å². The van der Waals surface area contributed by atoms with Gasteiger partial charge in [-0.25, -0.2) is 0 Å². The number of fused-ring (bicyclic) bond motifs is 3. The Morgan fingerprint density at radius 1 is 1.17 bits per heavy atom. The van der Waals surface area contributed by atoms with Crippen LogP contribution in [0.25, 0.3) is 0 Å². The smallest absolute Gasteiger partial charge is 0.293 e. The van der Waals surface area contributed by atoms with Crippen LogP contribution in [0, 0.1) is 22.7 Å². The van der Waals surface area contributed by atoms with Gasteiger partial charge in [0.1, 0.15) is 0 Å².